The topological polar surface area (TPSA) is 77.5 Å². The third-order valence-corrected chi connectivity index (χ3v) is 6.45. The molecular formula is C23H32FN7O. The van der Waals surface area contributed by atoms with Gasteiger partial charge in [-0.3, -0.25) is 9.69 Å². The van der Waals surface area contributed by atoms with E-state index in [2.05, 4.69) is 49.3 Å². The maximum absolute atomic E-state index is 13.2. The summed E-state index contributed by atoms with van der Waals surface area (Å²) in [7, 11) is 4.23. The number of rotatable bonds is 6. The third kappa shape index (κ3) is 5.77. The molecule has 0 spiro atoms. The van der Waals surface area contributed by atoms with Crippen molar-refractivity contribution in [3.8, 4) is 11.3 Å². The first kappa shape index (κ1) is 22.5. The van der Waals surface area contributed by atoms with Crippen molar-refractivity contribution >= 4 is 11.9 Å². The van der Waals surface area contributed by atoms with Crippen molar-refractivity contribution < 1.29 is 9.18 Å². The van der Waals surface area contributed by atoms with Gasteiger partial charge in [0.1, 0.15) is 5.82 Å². The van der Waals surface area contributed by atoms with Crippen molar-refractivity contribution in [2.75, 3.05) is 51.7 Å². The second kappa shape index (κ2) is 10.3. The van der Waals surface area contributed by atoms with E-state index in [9.17, 15) is 9.18 Å². The van der Waals surface area contributed by atoms with Crippen LogP contribution in [0, 0.1) is 5.82 Å². The van der Waals surface area contributed by atoms with E-state index >= 15 is 0 Å². The molecule has 1 amide bonds. The molecule has 0 bridgehead atoms. The largest absolute Gasteiger partial charge is 0.352 e. The van der Waals surface area contributed by atoms with E-state index < -0.39 is 0 Å². The summed E-state index contributed by atoms with van der Waals surface area (Å²) in [5, 5.41) is 11.5. The van der Waals surface area contributed by atoms with Gasteiger partial charge in [-0.1, -0.05) is 0 Å². The van der Waals surface area contributed by atoms with E-state index in [1.165, 1.54) is 18.6 Å². The molecule has 1 saturated heterocycles. The van der Waals surface area contributed by atoms with Gasteiger partial charge in [0.05, 0.1) is 18.4 Å². The van der Waals surface area contributed by atoms with Crippen LogP contribution in [0.15, 0.2) is 30.5 Å². The highest BCUT2D eigenvalue weighted by Crippen LogP contribution is 2.22. The molecule has 1 saturated carbocycles. The van der Waals surface area contributed by atoms with Crippen LogP contribution in [0.3, 0.4) is 0 Å². The fourth-order valence-electron chi connectivity index (χ4n) is 4.53. The third-order valence-electron chi connectivity index (χ3n) is 6.45. The molecule has 1 N–H and O–H groups in total. The van der Waals surface area contributed by atoms with Gasteiger partial charge in [0.2, 0.25) is 11.9 Å². The number of nitrogens with zero attached hydrogens (tertiary/aromatic N) is 6. The van der Waals surface area contributed by atoms with E-state index in [-0.39, 0.29) is 17.8 Å². The van der Waals surface area contributed by atoms with Crippen molar-refractivity contribution in [1.29, 1.82) is 0 Å². The Balaban J connectivity index is 1.27. The molecule has 8 nitrogen and oxygen atoms in total. The Morgan fingerprint density at radius 3 is 2.62 bits per heavy atom. The number of aromatic nitrogens is 3. The Bertz CT molecular complexity index is 899. The average molecular weight is 442 g/mol. The summed E-state index contributed by atoms with van der Waals surface area (Å²) in [6.07, 6.45) is 6.06. The lowest BCUT2D eigenvalue weighted by atomic mass is 9.90. The Morgan fingerprint density at radius 1 is 1.16 bits per heavy atom. The number of carbonyl (C=O) groups excluding carboxylic acids is 1. The molecule has 172 valence electrons. The highest BCUT2D eigenvalue weighted by molar-refractivity contribution is 5.78. The van der Waals surface area contributed by atoms with Crippen LogP contribution in [-0.4, -0.2) is 89.8 Å². The summed E-state index contributed by atoms with van der Waals surface area (Å²) < 4.78 is 13.2. The monoisotopic (exact) mass is 441 g/mol. The molecule has 1 aromatic carbocycles. The summed E-state index contributed by atoms with van der Waals surface area (Å²) in [6.45, 7) is 3.42. The zero-order chi connectivity index (χ0) is 22.5. The minimum atomic E-state index is -0.280. The van der Waals surface area contributed by atoms with E-state index in [0.29, 0.717) is 24.2 Å². The van der Waals surface area contributed by atoms with Gasteiger partial charge in [0.25, 0.3) is 0 Å². The van der Waals surface area contributed by atoms with Crippen LogP contribution in [0.25, 0.3) is 11.3 Å². The van der Waals surface area contributed by atoms with Crippen LogP contribution in [0.5, 0.6) is 0 Å². The molecule has 0 radical (unpaired) electrons. The molecule has 1 aromatic heterocycles. The zero-order valence-corrected chi connectivity index (χ0v) is 18.9. The number of piperazine rings is 1. The van der Waals surface area contributed by atoms with E-state index in [4.69, 9.17) is 0 Å². The molecule has 2 heterocycles. The van der Waals surface area contributed by atoms with Gasteiger partial charge in [-0.05, 0) is 64.0 Å². The normalized spacial score (nSPS) is 22.2. The maximum Gasteiger partial charge on any atom is 0.245 e. The minimum absolute atomic E-state index is 0.110. The van der Waals surface area contributed by atoms with E-state index in [0.717, 1.165) is 51.0 Å². The van der Waals surface area contributed by atoms with Gasteiger partial charge in [-0.25, -0.2) is 9.37 Å². The van der Waals surface area contributed by atoms with Gasteiger partial charge < -0.3 is 15.1 Å². The quantitative estimate of drug-likeness (QED) is 0.732. The molecule has 2 aliphatic rings. The summed E-state index contributed by atoms with van der Waals surface area (Å²) in [6, 6.07) is 7.03. The zero-order valence-electron chi connectivity index (χ0n) is 18.9. The smallest absolute Gasteiger partial charge is 0.245 e. The van der Waals surface area contributed by atoms with Crippen LogP contribution < -0.4 is 10.2 Å². The van der Waals surface area contributed by atoms with Gasteiger partial charge in [-0.15, -0.1) is 5.10 Å². The highest BCUT2D eigenvalue weighted by atomic mass is 19.1. The number of halogens is 1. The fourth-order valence-corrected chi connectivity index (χ4v) is 4.53. The predicted molar refractivity (Wildman–Crippen MR) is 122 cm³/mol. The standard InChI is InChI=1S/C23H32FN7O/c1-29(2)20-5-3-4-19(14-20)26-22(32)16-30-10-12-31(13-11-30)23-27-21(15-25-28-23)17-6-8-18(24)9-7-17/h6-9,15,19-20H,3-5,10-14,16H2,1-2H3,(H,26,32)/t19-,20+/m0/s1. The second-order valence-electron chi connectivity index (χ2n) is 8.96. The summed E-state index contributed by atoms with van der Waals surface area (Å²) >= 11 is 0. The lowest BCUT2D eigenvalue weighted by Gasteiger charge is -2.36. The molecule has 32 heavy (non-hydrogen) atoms. The first-order chi connectivity index (χ1) is 15.5. The summed E-state index contributed by atoms with van der Waals surface area (Å²) in [5.74, 6) is 0.393. The van der Waals surface area contributed by atoms with Crippen LogP contribution in [0.1, 0.15) is 25.7 Å². The van der Waals surface area contributed by atoms with Gasteiger partial charge in [0.15, 0.2) is 0 Å². The van der Waals surface area contributed by atoms with Gasteiger partial charge >= 0.3 is 0 Å². The lowest BCUT2D eigenvalue weighted by molar-refractivity contribution is -0.123. The number of benzene rings is 1. The van der Waals surface area contributed by atoms with E-state index in [1.807, 2.05) is 0 Å². The van der Waals surface area contributed by atoms with Crippen LogP contribution >= 0.6 is 0 Å². The Labute approximate surface area is 188 Å². The fraction of sp³-hybridized carbons (Fsp3) is 0.565. The molecule has 9 heteroatoms. The molecule has 1 aliphatic heterocycles. The molecule has 1 aliphatic carbocycles. The predicted octanol–water partition coefficient (Wildman–Crippen LogP) is 1.79. The van der Waals surface area contributed by atoms with Crippen molar-refractivity contribution in [2.24, 2.45) is 0 Å². The Kier molecular flexibility index (Phi) is 7.26. The number of amides is 1. The maximum atomic E-state index is 13.2. The molecule has 0 unspecified atom stereocenters. The van der Waals surface area contributed by atoms with Crippen molar-refractivity contribution in [1.82, 2.24) is 30.3 Å². The van der Waals surface area contributed by atoms with Crippen molar-refractivity contribution in [2.45, 2.75) is 37.8 Å². The molecule has 2 atom stereocenters. The van der Waals surface area contributed by atoms with Crippen molar-refractivity contribution in [3.05, 3.63) is 36.3 Å². The molecular weight excluding hydrogens is 409 g/mol. The first-order valence-electron chi connectivity index (χ1n) is 11.4. The van der Waals surface area contributed by atoms with Crippen molar-refractivity contribution in [3.63, 3.8) is 0 Å². The average Bonchev–Trinajstić information content (AvgIpc) is 2.80. The van der Waals surface area contributed by atoms with Crippen LogP contribution in [-0.2, 0) is 4.79 Å². The molecule has 2 fully saturated rings. The number of carbonyl (C=O) groups is 1. The minimum Gasteiger partial charge on any atom is -0.352 e. The number of nitrogens with one attached hydrogen (secondary N) is 1. The Morgan fingerprint density at radius 2 is 1.91 bits per heavy atom. The second-order valence-corrected chi connectivity index (χ2v) is 8.96. The van der Waals surface area contributed by atoms with E-state index in [1.54, 1.807) is 18.3 Å². The molecule has 4 rings (SSSR count). The first-order valence-corrected chi connectivity index (χ1v) is 11.4. The SMILES string of the molecule is CN(C)[C@@H]1CCC[C@H](NC(=O)CN2CCN(c3nncc(-c4ccc(F)cc4)n3)CC2)C1. The van der Waals surface area contributed by atoms with Gasteiger partial charge in [-0.2, -0.15) is 5.10 Å². The lowest BCUT2D eigenvalue weighted by Crippen LogP contribution is -2.52. The number of hydrogen-bond acceptors (Lipinski definition) is 7. The summed E-state index contributed by atoms with van der Waals surface area (Å²) in [5.41, 5.74) is 1.47. The van der Waals surface area contributed by atoms with Crippen LogP contribution in [0.2, 0.25) is 0 Å². The highest BCUT2D eigenvalue weighted by Gasteiger charge is 2.26. The molecule has 2 aromatic rings. The summed E-state index contributed by atoms with van der Waals surface area (Å²) in [4.78, 5) is 23.7. The van der Waals surface area contributed by atoms with Crippen LogP contribution in [0.4, 0.5) is 10.3 Å². The Hall–Kier alpha value is -2.65. The van der Waals surface area contributed by atoms with Gasteiger partial charge in [0, 0.05) is 43.8 Å². The number of hydrogen-bond donors (Lipinski definition) is 1. The number of anilines is 1.